The summed E-state index contributed by atoms with van der Waals surface area (Å²) in [6.07, 6.45) is 2.36. The molecule has 0 bridgehead atoms. The van der Waals surface area contributed by atoms with Crippen molar-refractivity contribution in [2.45, 2.75) is 25.4 Å². The molecule has 1 unspecified atom stereocenters. The van der Waals surface area contributed by atoms with Gasteiger partial charge in [0.1, 0.15) is 25.1 Å². The molecule has 0 N–H and O–H groups in total. The van der Waals surface area contributed by atoms with Crippen molar-refractivity contribution in [3.63, 3.8) is 0 Å². The van der Waals surface area contributed by atoms with Crippen LogP contribution in [0.4, 0.5) is 0 Å². The lowest BCUT2D eigenvalue weighted by Crippen LogP contribution is -2.45. The summed E-state index contributed by atoms with van der Waals surface area (Å²) in [6, 6.07) is 15.5. The highest BCUT2D eigenvalue weighted by Crippen LogP contribution is 2.31. The molecule has 0 aliphatic carbocycles. The normalized spacial score (nSPS) is 19.1. The number of carbonyl (C=O) groups is 1. The third kappa shape index (κ3) is 3.93. The fourth-order valence-electron chi connectivity index (χ4n) is 3.44. The van der Waals surface area contributed by atoms with E-state index in [-0.39, 0.29) is 12.0 Å². The van der Waals surface area contributed by atoms with Gasteiger partial charge in [-0.05, 0) is 42.7 Å². The van der Waals surface area contributed by atoms with Crippen LogP contribution in [-0.4, -0.2) is 43.2 Å². The predicted molar refractivity (Wildman–Crippen MR) is 97.8 cm³/mol. The van der Waals surface area contributed by atoms with Crippen LogP contribution < -0.4 is 14.2 Å². The van der Waals surface area contributed by atoms with Gasteiger partial charge < -0.3 is 19.1 Å². The third-order valence-electron chi connectivity index (χ3n) is 4.74. The van der Waals surface area contributed by atoms with Gasteiger partial charge in [0.25, 0.3) is 0 Å². The molecular weight excluding hydrogens is 330 g/mol. The predicted octanol–water partition coefficient (Wildman–Crippen LogP) is 3.07. The van der Waals surface area contributed by atoms with Crippen LogP contribution in [0.25, 0.3) is 0 Å². The lowest BCUT2D eigenvalue weighted by Gasteiger charge is -2.33. The Morgan fingerprint density at radius 1 is 1.08 bits per heavy atom. The Morgan fingerprint density at radius 2 is 1.88 bits per heavy atom. The van der Waals surface area contributed by atoms with Crippen LogP contribution in [0.2, 0.25) is 0 Å². The minimum absolute atomic E-state index is 0.0513. The minimum Gasteiger partial charge on any atom is -0.489 e. The maximum absolute atomic E-state index is 12.7. The molecule has 0 spiro atoms. The maximum Gasteiger partial charge on any atom is 0.227 e. The summed E-state index contributed by atoms with van der Waals surface area (Å²) in [5.41, 5.74) is 0.949. The summed E-state index contributed by atoms with van der Waals surface area (Å²) in [5, 5.41) is 0. The highest BCUT2D eigenvalue weighted by Gasteiger charge is 2.25. The molecule has 5 heteroatoms. The molecule has 2 aromatic rings. The van der Waals surface area contributed by atoms with Gasteiger partial charge in [-0.3, -0.25) is 4.79 Å². The highest BCUT2D eigenvalue weighted by atomic mass is 16.6. The Labute approximate surface area is 153 Å². The third-order valence-corrected chi connectivity index (χ3v) is 4.74. The van der Waals surface area contributed by atoms with Crippen LogP contribution in [-0.2, 0) is 11.2 Å². The van der Waals surface area contributed by atoms with E-state index in [2.05, 4.69) is 0 Å². The zero-order valence-corrected chi connectivity index (χ0v) is 14.7. The monoisotopic (exact) mass is 353 g/mol. The first-order valence-electron chi connectivity index (χ1n) is 9.16. The molecule has 2 aromatic carbocycles. The molecule has 5 nitrogen and oxygen atoms in total. The van der Waals surface area contributed by atoms with Crippen LogP contribution in [0.5, 0.6) is 17.2 Å². The molecule has 2 aliphatic heterocycles. The number of piperidine rings is 1. The van der Waals surface area contributed by atoms with Gasteiger partial charge in [0, 0.05) is 6.54 Å². The summed E-state index contributed by atoms with van der Waals surface area (Å²) >= 11 is 0. The Balaban J connectivity index is 1.37. The fraction of sp³-hybridized carbons (Fsp3) is 0.381. The van der Waals surface area contributed by atoms with E-state index in [0.717, 1.165) is 42.2 Å². The minimum atomic E-state index is 0.0513. The van der Waals surface area contributed by atoms with Gasteiger partial charge in [0.15, 0.2) is 11.5 Å². The van der Waals surface area contributed by atoms with E-state index in [1.54, 1.807) is 0 Å². The van der Waals surface area contributed by atoms with Gasteiger partial charge in [0.2, 0.25) is 5.91 Å². The van der Waals surface area contributed by atoms with Crippen molar-refractivity contribution >= 4 is 5.91 Å². The molecular formula is C21H23NO4. The second kappa shape index (κ2) is 7.68. The highest BCUT2D eigenvalue weighted by molar-refractivity contribution is 5.79. The number of hydrogen-bond donors (Lipinski definition) is 0. The average molecular weight is 353 g/mol. The second-order valence-corrected chi connectivity index (χ2v) is 6.69. The summed E-state index contributed by atoms with van der Waals surface area (Å²) in [4.78, 5) is 14.6. The second-order valence-electron chi connectivity index (χ2n) is 6.69. The van der Waals surface area contributed by atoms with Crippen molar-refractivity contribution in [2.24, 2.45) is 0 Å². The van der Waals surface area contributed by atoms with Gasteiger partial charge in [-0.15, -0.1) is 0 Å². The smallest absolute Gasteiger partial charge is 0.227 e. The van der Waals surface area contributed by atoms with Crippen molar-refractivity contribution in [2.75, 3.05) is 26.3 Å². The molecule has 0 radical (unpaired) electrons. The lowest BCUT2D eigenvalue weighted by atomic mass is 10.1. The number of carbonyl (C=O) groups excluding carboxylic acids is 1. The molecule has 0 aromatic heterocycles. The van der Waals surface area contributed by atoms with E-state index in [4.69, 9.17) is 14.2 Å². The molecule has 1 fully saturated rings. The van der Waals surface area contributed by atoms with E-state index < -0.39 is 0 Å². The molecule has 2 aliphatic rings. The molecule has 136 valence electrons. The molecule has 1 amide bonds. The first-order chi connectivity index (χ1) is 12.8. The van der Waals surface area contributed by atoms with Crippen molar-refractivity contribution in [1.29, 1.82) is 0 Å². The average Bonchev–Trinajstić information content (AvgIpc) is 2.69. The zero-order chi connectivity index (χ0) is 17.8. The Bertz CT molecular complexity index is 762. The van der Waals surface area contributed by atoms with Gasteiger partial charge >= 0.3 is 0 Å². The van der Waals surface area contributed by atoms with E-state index in [9.17, 15) is 4.79 Å². The summed E-state index contributed by atoms with van der Waals surface area (Å²) < 4.78 is 17.2. The molecule has 26 heavy (non-hydrogen) atoms. The van der Waals surface area contributed by atoms with Gasteiger partial charge in [-0.25, -0.2) is 0 Å². The molecule has 4 rings (SSSR count). The Morgan fingerprint density at radius 3 is 2.73 bits per heavy atom. The fourth-order valence-corrected chi connectivity index (χ4v) is 3.44. The molecule has 1 saturated heterocycles. The van der Waals surface area contributed by atoms with Gasteiger partial charge in [-0.2, -0.15) is 0 Å². The molecule has 2 heterocycles. The van der Waals surface area contributed by atoms with E-state index >= 15 is 0 Å². The lowest BCUT2D eigenvalue weighted by molar-refractivity contribution is -0.133. The zero-order valence-electron chi connectivity index (χ0n) is 14.7. The number of fused-ring (bicyclic) bond motifs is 1. The van der Waals surface area contributed by atoms with Gasteiger partial charge in [-0.1, -0.05) is 24.3 Å². The van der Waals surface area contributed by atoms with Crippen molar-refractivity contribution in [3.05, 3.63) is 54.1 Å². The SMILES string of the molecule is O=C(Cc1ccc2c(c1)OCCO2)N1CCCC(Oc2ccccc2)C1. The van der Waals surface area contributed by atoms with E-state index in [1.807, 2.05) is 53.4 Å². The van der Waals surface area contributed by atoms with Crippen LogP contribution >= 0.6 is 0 Å². The summed E-state index contributed by atoms with van der Waals surface area (Å²) in [7, 11) is 0. The van der Waals surface area contributed by atoms with Crippen molar-refractivity contribution < 1.29 is 19.0 Å². The van der Waals surface area contributed by atoms with Gasteiger partial charge in [0.05, 0.1) is 13.0 Å². The standard InChI is InChI=1S/C21H23NO4/c23-21(14-16-8-9-19-20(13-16)25-12-11-24-19)22-10-4-7-18(15-22)26-17-5-2-1-3-6-17/h1-3,5-6,8-9,13,18H,4,7,10-12,14-15H2. The number of rotatable bonds is 4. The summed E-state index contributed by atoms with van der Waals surface area (Å²) in [5.74, 6) is 2.47. The Kier molecular flexibility index (Phi) is 4.95. The number of hydrogen-bond acceptors (Lipinski definition) is 4. The first kappa shape index (κ1) is 16.8. The first-order valence-corrected chi connectivity index (χ1v) is 9.16. The maximum atomic E-state index is 12.7. The Hall–Kier alpha value is -2.69. The van der Waals surface area contributed by atoms with Crippen molar-refractivity contribution in [1.82, 2.24) is 4.90 Å². The topological polar surface area (TPSA) is 48.0 Å². The quantitative estimate of drug-likeness (QED) is 0.848. The summed E-state index contributed by atoms with van der Waals surface area (Å²) in [6.45, 7) is 2.55. The van der Waals surface area contributed by atoms with Crippen LogP contribution in [0, 0.1) is 0 Å². The van der Waals surface area contributed by atoms with Crippen LogP contribution in [0.3, 0.4) is 0 Å². The van der Waals surface area contributed by atoms with Crippen molar-refractivity contribution in [3.8, 4) is 17.2 Å². The molecule has 0 saturated carbocycles. The number of ether oxygens (including phenoxy) is 3. The largest absolute Gasteiger partial charge is 0.489 e. The number of para-hydroxylation sites is 1. The number of nitrogens with zero attached hydrogens (tertiary/aromatic N) is 1. The van der Waals surface area contributed by atoms with E-state index in [1.165, 1.54) is 0 Å². The van der Waals surface area contributed by atoms with E-state index in [0.29, 0.717) is 26.2 Å². The molecule has 1 atom stereocenters. The van der Waals surface area contributed by atoms with Crippen LogP contribution in [0.1, 0.15) is 18.4 Å². The number of benzene rings is 2. The number of likely N-dealkylation sites (tertiary alicyclic amines) is 1. The number of amides is 1. The van der Waals surface area contributed by atoms with Crippen LogP contribution in [0.15, 0.2) is 48.5 Å².